The zero-order chi connectivity index (χ0) is 103. The fourth-order valence-corrected chi connectivity index (χ4v) is 10.6. The summed E-state index contributed by atoms with van der Waals surface area (Å²) in [5.74, 6) is 0. The van der Waals surface area contributed by atoms with E-state index in [0.29, 0.717) is 0 Å². The molecular formula is C86H52O2. The Bertz CT molecular complexity index is 9120. The maximum absolute atomic E-state index is 9.82. The lowest BCUT2D eigenvalue weighted by Gasteiger charge is -2.18. The van der Waals surface area contributed by atoms with Crippen LogP contribution in [0.3, 0.4) is 0 Å². The Balaban J connectivity index is 0.000000187. The molecule has 2 heterocycles. The quantitative estimate of drug-likeness (QED) is 0.161. The lowest BCUT2D eigenvalue weighted by atomic mass is 9.85. The van der Waals surface area contributed by atoms with Crippen molar-refractivity contribution in [3.63, 3.8) is 0 Å². The summed E-state index contributed by atoms with van der Waals surface area (Å²) in [6, 6.07) is -45.4. The third-order valence-electron chi connectivity index (χ3n) is 14.4. The van der Waals surface area contributed by atoms with Gasteiger partial charge in [0.15, 0.2) is 0 Å². The molecule has 19 aromatic rings. The summed E-state index contributed by atoms with van der Waals surface area (Å²) in [6.45, 7) is 0. The van der Waals surface area contributed by atoms with Crippen molar-refractivity contribution in [2.24, 2.45) is 0 Å². The molecule has 19 rings (SSSR count). The van der Waals surface area contributed by atoms with E-state index in [-0.39, 0.29) is 0 Å². The highest BCUT2D eigenvalue weighted by atomic mass is 16.3. The van der Waals surface area contributed by atoms with Crippen molar-refractivity contribution in [3.8, 4) is 55.6 Å². The Morgan fingerprint density at radius 1 is 0.159 bits per heavy atom. The van der Waals surface area contributed by atoms with Crippen molar-refractivity contribution in [2.75, 3.05) is 0 Å². The summed E-state index contributed by atoms with van der Waals surface area (Å²) in [5.41, 5.74) is -9.45. The standard InChI is InChI=1S/C46H28O.C40H24O/c1-2-10-29(11-3-1)32-18-19-34-25-35(21-20-33(34)24-32)45-37-14-6-8-16-39(37)46(40-17-9-7-15-38(40)45)36-22-23-43-41(27-36)42-26-30-12-4-5-13-31(30)28-44(42)47-43;1-2-10-26-21-29(18-17-25(26)9-1)39-31-13-5-7-15-33(31)40(34-16-8-6-14-32(34)39)30-19-20-37-35(23-30)36-22-27-11-3-4-12-28(27)24-38(36)41-37/h1-28H;1-24H/i1D,2D,3D,4D,5D,6D,7D,8D,9D,10D,11D,12D,13D,14D,15D,16D,17D,18D,19D,20D,21D,22D,23D,24D,25D,26D,27D,28D;1D,2D,3D,4D,5D,6D,7D,8D,9D,10D,11D,12D,13D,14D,15D,16D,17D,18D,19D,20D,21D,22D,23D,24D. The van der Waals surface area contributed by atoms with E-state index in [4.69, 9.17) is 48.6 Å². The van der Waals surface area contributed by atoms with Crippen molar-refractivity contribution in [1.82, 2.24) is 0 Å². The van der Waals surface area contributed by atoms with Crippen LogP contribution in [0.15, 0.2) is 323 Å². The predicted molar refractivity (Wildman–Crippen MR) is 375 cm³/mol. The van der Waals surface area contributed by atoms with Gasteiger partial charge in [-0.2, -0.15) is 0 Å². The van der Waals surface area contributed by atoms with Crippen molar-refractivity contribution in [3.05, 3.63) is 314 Å². The Kier molecular flexibility index (Phi) is 4.68. The van der Waals surface area contributed by atoms with E-state index in [2.05, 4.69) is 0 Å². The van der Waals surface area contributed by atoms with Crippen molar-refractivity contribution >= 4 is 130 Å². The lowest BCUT2D eigenvalue weighted by Crippen LogP contribution is -1.91. The van der Waals surface area contributed by atoms with Gasteiger partial charge in [-0.1, -0.05) is 248 Å². The fraction of sp³-hybridized carbons (Fsp3) is 0. The van der Waals surface area contributed by atoms with E-state index >= 15 is 0 Å². The predicted octanol–water partition coefficient (Wildman–Crippen LogP) is 24.7. The summed E-state index contributed by atoms with van der Waals surface area (Å²) in [6.07, 6.45) is 0. The van der Waals surface area contributed by atoms with Gasteiger partial charge in [0.25, 0.3) is 0 Å². The van der Waals surface area contributed by atoms with Gasteiger partial charge >= 0.3 is 0 Å². The molecular weight excluding hydrogens is 1060 g/mol. The van der Waals surface area contributed by atoms with Gasteiger partial charge in [0, 0.05) is 21.5 Å². The monoisotopic (exact) mass is 1170 g/mol. The van der Waals surface area contributed by atoms with Crippen LogP contribution in [-0.4, -0.2) is 0 Å². The van der Waals surface area contributed by atoms with Crippen LogP contribution >= 0.6 is 0 Å². The van der Waals surface area contributed by atoms with E-state index in [0.717, 1.165) is 0 Å². The second kappa shape index (κ2) is 20.0. The van der Waals surface area contributed by atoms with Crippen molar-refractivity contribution in [2.45, 2.75) is 0 Å². The van der Waals surface area contributed by atoms with Crippen LogP contribution in [-0.2, 0) is 0 Å². The maximum Gasteiger partial charge on any atom is 0.136 e. The molecule has 0 unspecified atom stereocenters. The van der Waals surface area contributed by atoms with Gasteiger partial charge in [-0.25, -0.2) is 0 Å². The van der Waals surface area contributed by atoms with Gasteiger partial charge in [-0.3, -0.25) is 0 Å². The third-order valence-corrected chi connectivity index (χ3v) is 14.4. The number of hydrogen-bond donors (Lipinski definition) is 0. The molecule has 0 amide bonds. The van der Waals surface area contributed by atoms with Crippen LogP contribution in [0, 0.1) is 0 Å². The zero-order valence-corrected chi connectivity index (χ0v) is 43.8. The first kappa shape index (κ1) is 20.6. The van der Waals surface area contributed by atoms with Gasteiger partial charge in [0.1, 0.15) is 22.3 Å². The molecule has 0 atom stereocenters. The van der Waals surface area contributed by atoms with Gasteiger partial charge in [0.05, 0.1) is 71.3 Å². The van der Waals surface area contributed by atoms with Crippen LogP contribution in [0.1, 0.15) is 71.3 Å². The Morgan fingerprint density at radius 2 is 0.420 bits per heavy atom. The highest BCUT2D eigenvalue weighted by molar-refractivity contribution is 6.25. The summed E-state index contributed by atoms with van der Waals surface area (Å²) < 4.78 is 477. The first-order valence-corrected chi connectivity index (χ1v) is 26.1. The molecule has 2 heteroatoms. The summed E-state index contributed by atoms with van der Waals surface area (Å²) in [4.78, 5) is 0. The molecule has 0 aliphatic rings. The van der Waals surface area contributed by atoms with Crippen LogP contribution in [0.25, 0.3) is 186 Å². The minimum atomic E-state index is -1.05. The molecule has 0 saturated carbocycles. The van der Waals surface area contributed by atoms with Gasteiger partial charge in [-0.05, 0) is 208 Å². The summed E-state index contributed by atoms with van der Waals surface area (Å²) in [5, 5.41) is -11.8. The normalized spacial score (nSPS) is 20.1. The largest absolute Gasteiger partial charge is 0.456 e. The van der Waals surface area contributed by atoms with Crippen LogP contribution in [0.5, 0.6) is 0 Å². The fourth-order valence-electron chi connectivity index (χ4n) is 10.6. The minimum Gasteiger partial charge on any atom is -0.456 e. The van der Waals surface area contributed by atoms with Crippen LogP contribution in [0.4, 0.5) is 0 Å². The second-order valence-electron chi connectivity index (χ2n) is 19.3. The molecule has 0 spiro atoms. The van der Waals surface area contributed by atoms with Crippen LogP contribution < -0.4 is 0 Å². The maximum atomic E-state index is 9.82. The smallest absolute Gasteiger partial charge is 0.136 e. The molecule has 88 heavy (non-hydrogen) atoms. The molecule has 0 fully saturated rings. The number of furan rings is 2. The number of fused-ring (bicyclic) bond motifs is 14. The first-order chi connectivity index (χ1) is 65.3. The molecule has 0 N–H and O–H groups in total. The highest BCUT2D eigenvalue weighted by Crippen LogP contribution is 2.48. The zero-order valence-electron chi connectivity index (χ0n) is 95.8. The summed E-state index contributed by atoms with van der Waals surface area (Å²) >= 11 is 0. The molecule has 0 aliphatic heterocycles. The van der Waals surface area contributed by atoms with E-state index in [1.54, 1.807) is 0 Å². The third kappa shape index (κ3) is 8.11. The Morgan fingerprint density at radius 3 is 0.818 bits per heavy atom. The molecule has 17 aromatic carbocycles. The lowest BCUT2D eigenvalue weighted by molar-refractivity contribution is 0.669. The Labute approximate surface area is 580 Å². The van der Waals surface area contributed by atoms with E-state index in [1.165, 1.54) is 0 Å². The van der Waals surface area contributed by atoms with Gasteiger partial charge in [-0.15, -0.1) is 0 Å². The Hall–Kier alpha value is -11.6. The van der Waals surface area contributed by atoms with Crippen LogP contribution in [0.2, 0.25) is 0 Å². The highest BCUT2D eigenvalue weighted by Gasteiger charge is 2.21. The molecule has 408 valence electrons. The number of rotatable bonds is 5. The molecule has 0 bridgehead atoms. The average molecular weight is 1170 g/mol. The second-order valence-corrected chi connectivity index (χ2v) is 19.3. The van der Waals surface area contributed by atoms with Crippen molar-refractivity contribution in [1.29, 1.82) is 0 Å². The van der Waals surface area contributed by atoms with E-state index < -0.39 is 500 Å². The first-order valence-electron chi connectivity index (χ1n) is 52.1. The summed E-state index contributed by atoms with van der Waals surface area (Å²) in [7, 11) is 0. The van der Waals surface area contributed by atoms with Gasteiger partial charge < -0.3 is 8.83 Å². The van der Waals surface area contributed by atoms with Crippen molar-refractivity contribution < 1.29 is 80.1 Å². The van der Waals surface area contributed by atoms with E-state index in [9.17, 15) is 31.5 Å². The molecule has 0 aliphatic carbocycles. The minimum absolute atomic E-state index is 0.417. The van der Waals surface area contributed by atoms with E-state index in [1.807, 2.05) is 0 Å². The molecule has 0 saturated heterocycles. The SMILES string of the molecule is [2H]c1c(-c2c3c([2H])c([2H])c([2H])c([2H])c3c(-c3c([2H])c([2H])c4c([2H])c([2H])c([2H])c([2H])c4c3[2H])c3c([2H])c([2H])c([2H])c([2H])c23)c([2H])c2c(oc3c([2H])c4c([2H])c([2H])c([2H])c([2H])c4c([2H])c32)c1[2H].[2H]c1c([2H])c([2H])c(-c2c([2H])c([2H])c3c([2H])c(-c4c5c([2H])c([2H])c([2H])c([2H])c5c(-c5c([2H])c([2H])c6oc7c([2H])c8c([2H])c([2H])c([2H])c([2H])c8c([2H])c7c6c5[2H])c5c([2H])c([2H])c([2H])c([2H])c45)c([2H])c([2H])c3c2[2H])c([2H])c1[2H]. The molecule has 2 nitrogen and oxygen atoms in total. The topological polar surface area (TPSA) is 26.3 Å². The molecule has 2 aromatic heterocycles. The molecule has 0 radical (unpaired) electrons. The average Bonchev–Trinajstić information content (AvgIpc) is 1.05. The number of hydrogen-bond acceptors (Lipinski definition) is 2. The van der Waals surface area contributed by atoms with Gasteiger partial charge in [0.2, 0.25) is 0 Å². The number of benzene rings is 17.